The molecule has 86 valence electrons. The molecule has 3 nitrogen and oxygen atoms in total. The first-order valence-corrected chi connectivity index (χ1v) is 5.67. The van der Waals surface area contributed by atoms with Crippen LogP contribution in [0.25, 0.3) is 0 Å². The molecule has 1 atom stereocenters. The lowest BCUT2D eigenvalue weighted by Crippen LogP contribution is -2.31. The standard InChI is InChI=1S/C13H17NO2/c1-10(2)8-14-12(9-16-13(14)15)11-6-4-3-5-7-11/h3-7,10,12H,8-9H2,1-2H3/t12-/m1/s1. The van der Waals surface area contributed by atoms with Crippen LogP contribution in [-0.4, -0.2) is 24.1 Å². The van der Waals surface area contributed by atoms with Gasteiger partial charge in [0.25, 0.3) is 0 Å². The Labute approximate surface area is 96.0 Å². The highest BCUT2D eigenvalue weighted by Crippen LogP contribution is 2.28. The number of amides is 1. The number of carbonyl (C=O) groups excluding carboxylic acids is 1. The lowest BCUT2D eigenvalue weighted by atomic mass is 10.1. The maximum atomic E-state index is 11.6. The number of rotatable bonds is 3. The van der Waals surface area contributed by atoms with E-state index in [2.05, 4.69) is 13.8 Å². The zero-order valence-electron chi connectivity index (χ0n) is 9.72. The third kappa shape index (κ3) is 2.18. The predicted octanol–water partition coefficient (Wildman–Crippen LogP) is 2.84. The van der Waals surface area contributed by atoms with E-state index in [0.29, 0.717) is 12.5 Å². The minimum absolute atomic E-state index is 0.0797. The molecule has 1 saturated heterocycles. The Morgan fingerprint density at radius 2 is 2.06 bits per heavy atom. The van der Waals surface area contributed by atoms with Crippen molar-refractivity contribution in [1.82, 2.24) is 4.90 Å². The molecule has 1 aliphatic heterocycles. The molecule has 3 heteroatoms. The number of carbonyl (C=O) groups is 1. The average molecular weight is 219 g/mol. The van der Waals surface area contributed by atoms with Crippen LogP contribution in [0.1, 0.15) is 25.5 Å². The van der Waals surface area contributed by atoms with Crippen LogP contribution >= 0.6 is 0 Å². The van der Waals surface area contributed by atoms with Gasteiger partial charge in [-0.05, 0) is 11.5 Å². The van der Waals surface area contributed by atoms with Crippen molar-refractivity contribution in [2.45, 2.75) is 19.9 Å². The topological polar surface area (TPSA) is 29.5 Å². The van der Waals surface area contributed by atoms with E-state index in [1.54, 1.807) is 0 Å². The van der Waals surface area contributed by atoms with Gasteiger partial charge in [-0.3, -0.25) is 4.90 Å². The molecule has 1 aromatic carbocycles. The van der Waals surface area contributed by atoms with Crippen LogP contribution < -0.4 is 0 Å². The largest absolute Gasteiger partial charge is 0.447 e. The lowest BCUT2D eigenvalue weighted by molar-refractivity contribution is 0.154. The maximum absolute atomic E-state index is 11.6. The molecular formula is C13H17NO2. The Balaban J connectivity index is 2.18. The second-order valence-corrected chi connectivity index (χ2v) is 4.55. The summed E-state index contributed by atoms with van der Waals surface area (Å²) in [7, 11) is 0. The van der Waals surface area contributed by atoms with Crippen LogP contribution in [0.5, 0.6) is 0 Å². The van der Waals surface area contributed by atoms with E-state index >= 15 is 0 Å². The molecule has 0 N–H and O–H groups in total. The van der Waals surface area contributed by atoms with Crippen molar-refractivity contribution in [2.75, 3.05) is 13.2 Å². The fraction of sp³-hybridized carbons (Fsp3) is 0.462. The van der Waals surface area contributed by atoms with Gasteiger partial charge in [0.05, 0.1) is 6.04 Å². The van der Waals surface area contributed by atoms with Crippen molar-refractivity contribution in [3.05, 3.63) is 35.9 Å². The molecule has 1 heterocycles. The molecule has 1 aliphatic rings. The number of cyclic esters (lactones) is 1. The molecular weight excluding hydrogens is 202 g/mol. The summed E-state index contributed by atoms with van der Waals surface area (Å²) in [6.07, 6.45) is -0.192. The minimum Gasteiger partial charge on any atom is -0.447 e. The summed E-state index contributed by atoms with van der Waals surface area (Å²) < 4.78 is 5.12. The molecule has 2 rings (SSSR count). The smallest absolute Gasteiger partial charge is 0.410 e. The van der Waals surface area contributed by atoms with Crippen molar-refractivity contribution >= 4 is 6.09 Å². The molecule has 0 aliphatic carbocycles. The fourth-order valence-corrected chi connectivity index (χ4v) is 2.00. The van der Waals surface area contributed by atoms with E-state index in [4.69, 9.17) is 4.74 Å². The Kier molecular flexibility index (Phi) is 3.13. The van der Waals surface area contributed by atoms with Gasteiger partial charge in [0.2, 0.25) is 0 Å². The second kappa shape index (κ2) is 4.56. The van der Waals surface area contributed by atoms with E-state index < -0.39 is 0 Å². The highest BCUT2D eigenvalue weighted by atomic mass is 16.6. The Bertz CT molecular complexity index is 361. The van der Waals surface area contributed by atoms with E-state index in [0.717, 1.165) is 12.1 Å². The number of benzene rings is 1. The summed E-state index contributed by atoms with van der Waals surface area (Å²) in [5.74, 6) is 0.455. The van der Waals surface area contributed by atoms with Crippen LogP contribution in [0.15, 0.2) is 30.3 Å². The van der Waals surface area contributed by atoms with Gasteiger partial charge in [-0.1, -0.05) is 44.2 Å². The molecule has 0 saturated carbocycles. The average Bonchev–Trinajstić information content (AvgIpc) is 2.61. The van der Waals surface area contributed by atoms with Gasteiger partial charge in [0, 0.05) is 6.54 Å². The Morgan fingerprint density at radius 1 is 1.38 bits per heavy atom. The second-order valence-electron chi connectivity index (χ2n) is 4.55. The van der Waals surface area contributed by atoms with E-state index in [1.807, 2.05) is 35.2 Å². The normalized spacial score (nSPS) is 20.3. The number of nitrogens with zero attached hydrogens (tertiary/aromatic N) is 1. The quantitative estimate of drug-likeness (QED) is 0.782. The van der Waals surface area contributed by atoms with Crippen molar-refractivity contribution in [3.8, 4) is 0 Å². The van der Waals surface area contributed by atoms with Crippen molar-refractivity contribution < 1.29 is 9.53 Å². The molecule has 1 fully saturated rings. The summed E-state index contributed by atoms with van der Waals surface area (Å²) in [5.41, 5.74) is 1.15. The molecule has 1 amide bonds. The summed E-state index contributed by atoms with van der Waals surface area (Å²) in [4.78, 5) is 13.4. The third-order valence-electron chi connectivity index (χ3n) is 2.72. The number of hydrogen-bond donors (Lipinski definition) is 0. The maximum Gasteiger partial charge on any atom is 0.410 e. The molecule has 16 heavy (non-hydrogen) atoms. The zero-order valence-corrected chi connectivity index (χ0v) is 9.72. The van der Waals surface area contributed by atoms with Gasteiger partial charge in [0.1, 0.15) is 6.61 Å². The summed E-state index contributed by atoms with van der Waals surface area (Å²) >= 11 is 0. The minimum atomic E-state index is -0.192. The van der Waals surface area contributed by atoms with E-state index in [9.17, 15) is 4.79 Å². The molecule has 0 unspecified atom stereocenters. The summed E-state index contributed by atoms with van der Waals surface area (Å²) in [5, 5.41) is 0. The van der Waals surface area contributed by atoms with Crippen molar-refractivity contribution in [1.29, 1.82) is 0 Å². The van der Waals surface area contributed by atoms with Crippen LogP contribution in [0.4, 0.5) is 4.79 Å². The highest BCUT2D eigenvalue weighted by Gasteiger charge is 2.33. The first-order valence-electron chi connectivity index (χ1n) is 5.67. The predicted molar refractivity (Wildman–Crippen MR) is 62.1 cm³/mol. The number of hydrogen-bond acceptors (Lipinski definition) is 2. The SMILES string of the molecule is CC(C)CN1C(=O)OC[C@@H]1c1ccccc1. The third-order valence-corrected chi connectivity index (χ3v) is 2.72. The zero-order chi connectivity index (χ0) is 11.5. The van der Waals surface area contributed by atoms with E-state index in [1.165, 1.54) is 0 Å². The van der Waals surface area contributed by atoms with Crippen molar-refractivity contribution in [3.63, 3.8) is 0 Å². The lowest BCUT2D eigenvalue weighted by Gasteiger charge is -2.23. The van der Waals surface area contributed by atoms with Crippen LogP contribution in [0.2, 0.25) is 0 Å². The molecule has 0 spiro atoms. The van der Waals surface area contributed by atoms with Crippen LogP contribution in [0.3, 0.4) is 0 Å². The van der Waals surface area contributed by atoms with Gasteiger partial charge < -0.3 is 4.74 Å². The molecule has 0 bridgehead atoms. The van der Waals surface area contributed by atoms with Gasteiger partial charge in [-0.25, -0.2) is 4.79 Å². The first kappa shape index (κ1) is 11.0. The molecule has 0 radical (unpaired) electrons. The van der Waals surface area contributed by atoms with Gasteiger partial charge in [-0.2, -0.15) is 0 Å². The Hall–Kier alpha value is -1.51. The van der Waals surface area contributed by atoms with Crippen molar-refractivity contribution in [2.24, 2.45) is 5.92 Å². The van der Waals surface area contributed by atoms with Gasteiger partial charge in [0.15, 0.2) is 0 Å². The van der Waals surface area contributed by atoms with Crippen LogP contribution in [-0.2, 0) is 4.74 Å². The van der Waals surface area contributed by atoms with Crippen LogP contribution in [0, 0.1) is 5.92 Å². The fourth-order valence-electron chi connectivity index (χ4n) is 2.00. The van der Waals surface area contributed by atoms with Gasteiger partial charge in [-0.15, -0.1) is 0 Å². The molecule has 0 aromatic heterocycles. The molecule has 1 aromatic rings. The van der Waals surface area contributed by atoms with E-state index in [-0.39, 0.29) is 12.1 Å². The summed E-state index contributed by atoms with van der Waals surface area (Å²) in [6, 6.07) is 10.1. The first-order chi connectivity index (χ1) is 7.68. The monoisotopic (exact) mass is 219 g/mol. The van der Waals surface area contributed by atoms with Gasteiger partial charge >= 0.3 is 6.09 Å². The number of ether oxygens (including phenoxy) is 1. The highest BCUT2D eigenvalue weighted by molar-refractivity contribution is 5.70. The Morgan fingerprint density at radius 3 is 2.69 bits per heavy atom. The summed E-state index contributed by atoms with van der Waals surface area (Å²) in [6.45, 7) is 5.43.